The summed E-state index contributed by atoms with van der Waals surface area (Å²) >= 11 is 11.5. The first-order valence-electron chi connectivity index (χ1n) is 9.94. The second-order valence-corrected chi connectivity index (χ2v) is 8.21. The van der Waals surface area contributed by atoms with Crippen LogP contribution >= 0.6 is 23.8 Å². The van der Waals surface area contributed by atoms with Crippen molar-refractivity contribution in [2.75, 3.05) is 11.9 Å². The summed E-state index contributed by atoms with van der Waals surface area (Å²) < 4.78 is 5.50. The molecule has 0 aliphatic carbocycles. The molecule has 4 rings (SSSR count). The number of rotatable bonds is 5. The van der Waals surface area contributed by atoms with Crippen molar-refractivity contribution in [3.63, 3.8) is 0 Å². The van der Waals surface area contributed by atoms with Crippen LogP contribution in [0.2, 0.25) is 5.02 Å². The molecule has 8 heteroatoms. The molecule has 1 heterocycles. The summed E-state index contributed by atoms with van der Waals surface area (Å²) in [6.07, 6.45) is 0. The number of H-pyrrole nitrogens is 1. The molecule has 1 aromatic heterocycles. The van der Waals surface area contributed by atoms with Crippen molar-refractivity contribution in [3.8, 4) is 17.1 Å². The minimum atomic E-state index is -0.343. The zero-order valence-electron chi connectivity index (χ0n) is 17.5. The Labute approximate surface area is 196 Å². The van der Waals surface area contributed by atoms with Gasteiger partial charge in [-0.2, -0.15) is 0 Å². The quantitative estimate of drug-likeness (QED) is 0.345. The zero-order valence-corrected chi connectivity index (χ0v) is 19.1. The summed E-state index contributed by atoms with van der Waals surface area (Å²) in [5.74, 6) is 1.01. The van der Waals surface area contributed by atoms with Gasteiger partial charge in [0.05, 0.1) is 11.0 Å². The Morgan fingerprint density at radius 1 is 1.12 bits per heavy atom. The van der Waals surface area contributed by atoms with E-state index in [0.29, 0.717) is 16.6 Å². The molecule has 3 N–H and O–H groups in total. The molecule has 0 bridgehead atoms. The number of fused-ring (bicyclic) bond motifs is 1. The largest absolute Gasteiger partial charge is 0.484 e. The van der Waals surface area contributed by atoms with E-state index in [1.165, 1.54) is 0 Å². The molecule has 0 radical (unpaired) electrons. The molecular weight excluding hydrogens is 444 g/mol. The number of benzene rings is 3. The number of aromatic amines is 1. The van der Waals surface area contributed by atoms with Crippen molar-refractivity contribution in [2.24, 2.45) is 0 Å². The van der Waals surface area contributed by atoms with Gasteiger partial charge in [0.2, 0.25) is 0 Å². The fourth-order valence-electron chi connectivity index (χ4n) is 3.20. The number of nitrogens with zero attached hydrogens (tertiary/aromatic N) is 1. The predicted molar refractivity (Wildman–Crippen MR) is 132 cm³/mol. The topological polar surface area (TPSA) is 79.0 Å². The van der Waals surface area contributed by atoms with Crippen molar-refractivity contribution in [2.45, 2.75) is 13.8 Å². The summed E-state index contributed by atoms with van der Waals surface area (Å²) in [6, 6.07) is 18.9. The van der Waals surface area contributed by atoms with Crippen molar-refractivity contribution in [3.05, 3.63) is 76.8 Å². The van der Waals surface area contributed by atoms with Crippen LogP contribution in [-0.4, -0.2) is 27.6 Å². The van der Waals surface area contributed by atoms with Gasteiger partial charge >= 0.3 is 0 Å². The number of ether oxygens (including phenoxy) is 1. The molecule has 0 saturated carbocycles. The van der Waals surface area contributed by atoms with Crippen LogP contribution in [-0.2, 0) is 4.79 Å². The van der Waals surface area contributed by atoms with Gasteiger partial charge in [-0.25, -0.2) is 4.98 Å². The molecule has 0 fully saturated rings. The maximum absolute atomic E-state index is 12.2. The number of thiocarbonyl (C=S) groups is 1. The second-order valence-electron chi connectivity index (χ2n) is 7.39. The first-order valence-corrected chi connectivity index (χ1v) is 10.7. The lowest BCUT2D eigenvalue weighted by Crippen LogP contribution is -2.37. The van der Waals surface area contributed by atoms with Gasteiger partial charge in [-0.15, -0.1) is 0 Å². The number of imidazole rings is 1. The second kappa shape index (κ2) is 9.38. The van der Waals surface area contributed by atoms with Crippen molar-refractivity contribution < 1.29 is 9.53 Å². The minimum Gasteiger partial charge on any atom is -0.484 e. The average molecular weight is 465 g/mol. The monoisotopic (exact) mass is 464 g/mol. The number of hydrogen-bond donors (Lipinski definition) is 3. The van der Waals surface area contributed by atoms with Gasteiger partial charge in [0.25, 0.3) is 5.91 Å². The third-order valence-electron chi connectivity index (χ3n) is 4.77. The number of aromatic nitrogens is 2. The molecule has 0 unspecified atom stereocenters. The SMILES string of the molecule is Cc1cccc(OCC(=O)NC(=S)Nc2cccc(-c3nc4cc(Cl)c(C)cc4[nH]3)c2)c1. The van der Waals surface area contributed by atoms with Crippen molar-refractivity contribution in [1.82, 2.24) is 15.3 Å². The number of halogens is 1. The zero-order chi connectivity index (χ0) is 22.7. The van der Waals surface area contributed by atoms with Crippen LogP contribution in [0.5, 0.6) is 5.75 Å². The van der Waals surface area contributed by atoms with Gasteiger partial charge in [-0.1, -0.05) is 35.9 Å². The number of carbonyl (C=O) groups is 1. The molecule has 4 aromatic rings. The number of aryl methyl sites for hydroxylation is 2. The molecule has 0 aliphatic rings. The van der Waals surface area contributed by atoms with E-state index >= 15 is 0 Å². The fraction of sp³-hybridized carbons (Fsp3) is 0.125. The highest BCUT2D eigenvalue weighted by atomic mass is 35.5. The first kappa shape index (κ1) is 21.8. The number of nitrogens with one attached hydrogen (secondary N) is 3. The van der Waals surface area contributed by atoms with Gasteiger partial charge in [0, 0.05) is 16.3 Å². The van der Waals surface area contributed by atoms with Crippen molar-refractivity contribution >= 4 is 51.6 Å². The Hall–Kier alpha value is -3.42. The summed E-state index contributed by atoms with van der Waals surface area (Å²) in [7, 11) is 0. The van der Waals surface area contributed by atoms with E-state index in [9.17, 15) is 4.79 Å². The average Bonchev–Trinajstić information content (AvgIpc) is 3.15. The number of amides is 1. The van der Waals surface area contributed by atoms with Crippen LogP contribution in [0, 0.1) is 13.8 Å². The van der Waals surface area contributed by atoms with Gasteiger partial charge in [-0.3, -0.25) is 10.1 Å². The third kappa shape index (κ3) is 5.25. The van der Waals surface area contributed by atoms with Gasteiger partial charge in [0.1, 0.15) is 11.6 Å². The lowest BCUT2D eigenvalue weighted by molar-refractivity contribution is -0.121. The molecular formula is C24H21ClN4O2S. The molecule has 162 valence electrons. The molecule has 0 saturated heterocycles. The molecule has 32 heavy (non-hydrogen) atoms. The maximum Gasteiger partial charge on any atom is 0.264 e. The highest BCUT2D eigenvalue weighted by Crippen LogP contribution is 2.26. The number of hydrogen-bond acceptors (Lipinski definition) is 4. The normalized spacial score (nSPS) is 10.7. The lowest BCUT2D eigenvalue weighted by Gasteiger charge is -2.11. The van der Waals surface area contributed by atoms with Crippen molar-refractivity contribution in [1.29, 1.82) is 0 Å². The van der Waals surface area contributed by atoms with E-state index in [0.717, 1.165) is 33.4 Å². The number of carbonyl (C=O) groups excluding carboxylic acids is 1. The summed E-state index contributed by atoms with van der Waals surface area (Å²) in [4.78, 5) is 20.1. The van der Waals surface area contributed by atoms with Crippen LogP contribution < -0.4 is 15.4 Å². The third-order valence-corrected chi connectivity index (χ3v) is 5.38. The highest BCUT2D eigenvalue weighted by Gasteiger charge is 2.10. The Morgan fingerprint density at radius 2 is 1.94 bits per heavy atom. The Kier molecular flexibility index (Phi) is 6.39. The van der Waals surface area contributed by atoms with E-state index in [4.69, 9.17) is 28.6 Å². The van der Waals surface area contributed by atoms with E-state index < -0.39 is 0 Å². The predicted octanol–water partition coefficient (Wildman–Crippen LogP) is 5.39. The van der Waals surface area contributed by atoms with Crippen LogP contribution in [0.4, 0.5) is 5.69 Å². The number of anilines is 1. The van der Waals surface area contributed by atoms with Gasteiger partial charge in [-0.05, 0) is 73.6 Å². The van der Waals surface area contributed by atoms with E-state index in [1.54, 1.807) is 6.07 Å². The Morgan fingerprint density at radius 3 is 2.75 bits per heavy atom. The maximum atomic E-state index is 12.2. The summed E-state index contributed by atoms with van der Waals surface area (Å²) in [5.41, 5.74) is 5.35. The first-order chi connectivity index (χ1) is 15.4. The smallest absolute Gasteiger partial charge is 0.264 e. The van der Waals surface area contributed by atoms with E-state index in [-0.39, 0.29) is 17.6 Å². The van der Waals surface area contributed by atoms with Crippen LogP contribution in [0.15, 0.2) is 60.7 Å². The fourth-order valence-corrected chi connectivity index (χ4v) is 3.59. The molecule has 6 nitrogen and oxygen atoms in total. The molecule has 3 aromatic carbocycles. The molecule has 1 amide bonds. The molecule has 0 atom stereocenters. The van der Waals surface area contributed by atoms with Crippen LogP contribution in [0.1, 0.15) is 11.1 Å². The standard InChI is InChI=1S/C24H21ClN4O2S/c1-14-5-3-8-18(9-14)31-13-22(30)29-24(32)26-17-7-4-6-16(11-17)23-27-20-10-15(2)19(25)12-21(20)28-23/h3-12H,13H2,1-2H3,(H,27,28)(H2,26,29,30,32). The molecule has 0 aliphatic heterocycles. The highest BCUT2D eigenvalue weighted by molar-refractivity contribution is 7.80. The van der Waals surface area contributed by atoms with E-state index in [1.807, 2.05) is 68.4 Å². The molecule has 0 spiro atoms. The summed E-state index contributed by atoms with van der Waals surface area (Å²) in [6.45, 7) is 3.78. The van der Waals surface area contributed by atoms with Crippen LogP contribution in [0.3, 0.4) is 0 Å². The minimum absolute atomic E-state index is 0.133. The Balaban J connectivity index is 1.39. The summed E-state index contributed by atoms with van der Waals surface area (Å²) in [5, 5.41) is 6.51. The van der Waals surface area contributed by atoms with Crippen LogP contribution in [0.25, 0.3) is 22.4 Å². The lowest BCUT2D eigenvalue weighted by atomic mass is 10.2. The van der Waals surface area contributed by atoms with E-state index in [2.05, 4.69) is 20.6 Å². The van der Waals surface area contributed by atoms with Gasteiger partial charge in [0.15, 0.2) is 11.7 Å². The Bertz CT molecular complexity index is 1280. The van der Waals surface area contributed by atoms with Gasteiger partial charge < -0.3 is 15.0 Å².